The van der Waals surface area contributed by atoms with Crippen molar-refractivity contribution in [3.05, 3.63) is 38.6 Å². The van der Waals surface area contributed by atoms with Crippen LogP contribution in [0.25, 0.3) is 11.2 Å². The molecule has 1 saturated heterocycles. The van der Waals surface area contributed by atoms with Gasteiger partial charge in [0.05, 0.1) is 24.4 Å². The Bertz CT molecular complexity index is 1330. The molecule has 1 fully saturated rings. The molecule has 13 nitrogen and oxygen atoms in total. The zero-order chi connectivity index (χ0) is 24.6. The van der Waals surface area contributed by atoms with E-state index in [-0.39, 0.29) is 36.7 Å². The molecular formula is C20H21N5O8S. The average molecular weight is 491 g/mol. The van der Waals surface area contributed by atoms with Crippen LogP contribution in [0.5, 0.6) is 0 Å². The Kier molecular flexibility index (Phi) is 6.34. The molecule has 4 heterocycles. The van der Waals surface area contributed by atoms with E-state index in [2.05, 4.69) is 9.97 Å². The van der Waals surface area contributed by atoms with Crippen LogP contribution in [0.3, 0.4) is 0 Å². The van der Waals surface area contributed by atoms with Gasteiger partial charge in [0.1, 0.15) is 18.2 Å². The van der Waals surface area contributed by atoms with Gasteiger partial charge in [0.15, 0.2) is 11.9 Å². The fourth-order valence-corrected chi connectivity index (χ4v) is 4.61. The van der Waals surface area contributed by atoms with Crippen molar-refractivity contribution < 1.29 is 33.7 Å². The first kappa shape index (κ1) is 23.4. The Labute approximate surface area is 195 Å². The van der Waals surface area contributed by atoms with Gasteiger partial charge in [-0.15, -0.1) is 11.3 Å². The number of carbonyl (C=O) groups is 3. The van der Waals surface area contributed by atoms with Gasteiger partial charge >= 0.3 is 23.6 Å². The number of hydrogen-bond acceptors (Lipinski definition) is 11. The smallest absolute Gasteiger partial charge is 0.336 e. The predicted molar refractivity (Wildman–Crippen MR) is 117 cm³/mol. The Hall–Kier alpha value is -3.78. The van der Waals surface area contributed by atoms with Crippen LogP contribution in [-0.2, 0) is 30.3 Å². The summed E-state index contributed by atoms with van der Waals surface area (Å²) >= 11 is 1.19. The number of rotatable bonds is 7. The topological polar surface area (TPSA) is 178 Å². The number of nitrogens with zero attached hydrogens (tertiary/aromatic N) is 4. The predicted octanol–water partition coefficient (Wildman–Crippen LogP) is 0.766. The first-order valence-electron chi connectivity index (χ1n) is 10.1. The number of anilines is 1. The van der Waals surface area contributed by atoms with Gasteiger partial charge in [-0.2, -0.15) is 4.98 Å². The summed E-state index contributed by atoms with van der Waals surface area (Å²) in [6.45, 7) is 2.46. The van der Waals surface area contributed by atoms with E-state index in [4.69, 9.17) is 19.9 Å². The van der Waals surface area contributed by atoms with Crippen LogP contribution in [0, 0.1) is 0 Å². The summed E-state index contributed by atoms with van der Waals surface area (Å²) in [5.74, 6) is -2.23. The standard InChI is InChI=1S/C20H21N5O8S/c1-9(26)31-7-12-4-15(32-10(2)27)17(33-12)25-16-14(5-22-19(21)23-16)24(20(25)30)6-13-3-11(8-34-13)18(28)29/h3,5,8,12,15,17H,4,6-7H2,1-2H3,(H,28,29)(H2,21,22,23)/t12-,15+,17+/m0/s1. The van der Waals surface area contributed by atoms with Crippen molar-refractivity contribution in [3.63, 3.8) is 0 Å². The summed E-state index contributed by atoms with van der Waals surface area (Å²) < 4.78 is 19.0. The monoisotopic (exact) mass is 491 g/mol. The molecule has 0 aromatic carbocycles. The van der Waals surface area contributed by atoms with Crippen LogP contribution in [0.4, 0.5) is 5.95 Å². The van der Waals surface area contributed by atoms with Crippen molar-refractivity contribution in [1.82, 2.24) is 19.1 Å². The lowest BCUT2D eigenvalue weighted by atomic mass is 10.2. The summed E-state index contributed by atoms with van der Waals surface area (Å²) in [5, 5.41) is 10.7. The molecule has 0 bridgehead atoms. The molecule has 1 aliphatic rings. The summed E-state index contributed by atoms with van der Waals surface area (Å²) in [6, 6.07) is 1.48. The average Bonchev–Trinajstić information content (AvgIpc) is 3.44. The van der Waals surface area contributed by atoms with E-state index in [9.17, 15) is 24.3 Å². The fourth-order valence-electron chi connectivity index (χ4n) is 3.76. The van der Waals surface area contributed by atoms with Gasteiger partial charge < -0.3 is 25.1 Å². The van der Waals surface area contributed by atoms with Gasteiger partial charge in [0.2, 0.25) is 5.95 Å². The molecule has 34 heavy (non-hydrogen) atoms. The maximum atomic E-state index is 13.5. The second kappa shape index (κ2) is 9.23. The zero-order valence-electron chi connectivity index (χ0n) is 18.2. The first-order chi connectivity index (χ1) is 16.1. The van der Waals surface area contributed by atoms with E-state index in [1.807, 2.05) is 0 Å². The molecule has 3 aromatic rings. The number of fused-ring (bicyclic) bond motifs is 1. The number of imidazole rings is 1. The molecule has 0 spiro atoms. The van der Waals surface area contributed by atoms with Crippen molar-refractivity contribution in [2.45, 2.75) is 45.2 Å². The Morgan fingerprint density at radius 2 is 2.09 bits per heavy atom. The van der Waals surface area contributed by atoms with Crippen molar-refractivity contribution in [2.75, 3.05) is 12.3 Å². The van der Waals surface area contributed by atoms with Crippen LogP contribution >= 0.6 is 11.3 Å². The number of hydrogen-bond donors (Lipinski definition) is 2. The van der Waals surface area contributed by atoms with Gasteiger partial charge in [-0.3, -0.25) is 14.2 Å². The number of carboxylic acids is 1. The second-order valence-electron chi connectivity index (χ2n) is 7.62. The molecule has 0 radical (unpaired) electrons. The largest absolute Gasteiger partial charge is 0.478 e. The molecule has 14 heteroatoms. The number of nitrogen functional groups attached to an aromatic ring is 1. The van der Waals surface area contributed by atoms with E-state index >= 15 is 0 Å². The highest BCUT2D eigenvalue weighted by molar-refractivity contribution is 7.10. The summed E-state index contributed by atoms with van der Waals surface area (Å²) in [6.07, 6.45) is -0.977. The number of aromatic nitrogens is 4. The third-order valence-corrected chi connectivity index (χ3v) is 6.05. The molecule has 3 aromatic heterocycles. The Morgan fingerprint density at radius 1 is 1.32 bits per heavy atom. The lowest BCUT2D eigenvalue weighted by molar-refractivity contribution is -0.153. The van der Waals surface area contributed by atoms with Crippen LogP contribution in [-0.4, -0.2) is 60.9 Å². The molecule has 180 valence electrons. The summed E-state index contributed by atoms with van der Waals surface area (Å²) in [5.41, 5.74) is 5.82. The van der Waals surface area contributed by atoms with Gasteiger partial charge in [-0.05, 0) is 6.07 Å². The van der Waals surface area contributed by atoms with Gasteiger partial charge in [-0.1, -0.05) is 0 Å². The molecule has 3 N–H and O–H groups in total. The molecular weight excluding hydrogens is 470 g/mol. The van der Waals surface area contributed by atoms with Gasteiger partial charge in [-0.25, -0.2) is 19.1 Å². The minimum atomic E-state index is -1.07. The molecule has 0 saturated carbocycles. The highest BCUT2D eigenvalue weighted by Gasteiger charge is 2.41. The van der Waals surface area contributed by atoms with Gasteiger partial charge in [0, 0.05) is 30.5 Å². The maximum Gasteiger partial charge on any atom is 0.336 e. The van der Waals surface area contributed by atoms with Crippen molar-refractivity contribution in [2.24, 2.45) is 0 Å². The van der Waals surface area contributed by atoms with Crippen LogP contribution in [0.15, 0.2) is 22.4 Å². The third-order valence-electron chi connectivity index (χ3n) is 5.13. The lowest BCUT2D eigenvalue weighted by Crippen LogP contribution is -2.33. The van der Waals surface area contributed by atoms with Gasteiger partial charge in [0.25, 0.3) is 0 Å². The van der Waals surface area contributed by atoms with E-state index in [1.165, 1.54) is 52.0 Å². The number of carboxylic acid groups (broad SMARTS) is 1. The molecule has 0 aliphatic carbocycles. The van der Waals surface area contributed by atoms with E-state index in [1.54, 1.807) is 0 Å². The molecule has 0 amide bonds. The third kappa shape index (κ3) is 4.63. The van der Waals surface area contributed by atoms with Crippen molar-refractivity contribution in [1.29, 1.82) is 0 Å². The zero-order valence-corrected chi connectivity index (χ0v) is 19.0. The van der Waals surface area contributed by atoms with Crippen molar-refractivity contribution in [3.8, 4) is 0 Å². The van der Waals surface area contributed by atoms with Crippen LogP contribution < -0.4 is 11.4 Å². The molecule has 0 unspecified atom stereocenters. The number of esters is 2. The van der Waals surface area contributed by atoms with Crippen LogP contribution in [0.2, 0.25) is 0 Å². The highest BCUT2D eigenvalue weighted by Crippen LogP contribution is 2.33. The quantitative estimate of drug-likeness (QED) is 0.446. The normalized spacial score (nSPS) is 19.9. The molecule has 3 atom stereocenters. The minimum absolute atomic E-state index is 0.0510. The van der Waals surface area contributed by atoms with E-state index < -0.39 is 42.0 Å². The lowest BCUT2D eigenvalue weighted by Gasteiger charge is -2.19. The summed E-state index contributed by atoms with van der Waals surface area (Å²) in [7, 11) is 0. The van der Waals surface area contributed by atoms with Crippen molar-refractivity contribution >= 4 is 46.4 Å². The highest BCUT2D eigenvalue weighted by atomic mass is 32.1. The number of nitrogens with two attached hydrogens (primary N) is 1. The van der Waals surface area contributed by atoms with E-state index in [0.717, 1.165) is 0 Å². The number of carbonyl (C=O) groups excluding carboxylic acids is 2. The minimum Gasteiger partial charge on any atom is -0.478 e. The fraction of sp³-hybridized carbons (Fsp3) is 0.400. The van der Waals surface area contributed by atoms with E-state index in [0.29, 0.717) is 10.4 Å². The second-order valence-corrected chi connectivity index (χ2v) is 8.61. The Morgan fingerprint density at radius 3 is 2.74 bits per heavy atom. The van der Waals surface area contributed by atoms with Crippen LogP contribution in [0.1, 0.15) is 41.7 Å². The molecule has 4 rings (SSSR count). The number of ether oxygens (including phenoxy) is 3. The summed E-state index contributed by atoms with van der Waals surface area (Å²) in [4.78, 5) is 56.5. The SMILES string of the molecule is CC(=O)OC[C@@H]1C[C@@H](OC(C)=O)[C@H](n2c(=O)n(Cc3cc(C(=O)O)cs3)c3cnc(N)nc32)O1. The first-order valence-corrected chi connectivity index (χ1v) is 11.0. The maximum absolute atomic E-state index is 13.5. The Balaban J connectivity index is 1.77. The number of aromatic carboxylic acids is 1. The molecule has 1 aliphatic heterocycles. The number of thiophene rings is 1.